The number of benzene rings is 2. The van der Waals surface area contributed by atoms with Crippen LogP contribution in [-0.2, 0) is 6.67 Å². The molecule has 0 saturated heterocycles. The van der Waals surface area contributed by atoms with Crippen LogP contribution in [0.25, 0.3) is 6.08 Å². The van der Waals surface area contributed by atoms with Crippen molar-refractivity contribution in [2.75, 3.05) is 18.2 Å². The molecule has 4 rings (SSSR count). The van der Waals surface area contributed by atoms with E-state index in [0.29, 0.717) is 29.5 Å². The zero-order chi connectivity index (χ0) is 18.8. The number of fused-ring (bicyclic) bond motifs is 1. The molecule has 1 aliphatic rings. The van der Waals surface area contributed by atoms with Crippen LogP contribution in [0.15, 0.2) is 58.3 Å². The first kappa shape index (κ1) is 17.8. The van der Waals surface area contributed by atoms with Crippen molar-refractivity contribution >= 4 is 34.7 Å². The number of hydrogen-bond acceptors (Lipinski definition) is 5. The Balaban J connectivity index is 1.63. The second-order valence-electron chi connectivity index (χ2n) is 6.09. The van der Waals surface area contributed by atoms with Crippen molar-refractivity contribution in [3.05, 3.63) is 78.8 Å². The Bertz CT molecular complexity index is 1120. The number of halogens is 1. The molecule has 2 heterocycles. The molecule has 0 N–H and O–H groups in total. The van der Waals surface area contributed by atoms with Crippen LogP contribution in [0.2, 0.25) is 5.02 Å². The van der Waals surface area contributed by atoms with E-state index in [0.717, 1.165) is 21.8 Å². The quantitative estimate of drug-likeness (QED) is 0.677. The summed E-state index contributed by atoms with van der Waals surface area (Å²) in [5.41, 5.74) is 1.93. The third kappa shape index (κ3) is 3.77. The van der Waals surface area contributed by atoms with Gasteiger partial charge in [-0.2, -0.15) is 0 Å². The van der Waals surface area contributed by atoms with Gasteiger partial charge in [0.1, 0.15) is 19.1 Å². The SMILES string of the molecule is CCOc1ccc(N2CN=c3s/c(=C\c4ccc(Cl)cc4)c(=O)n3C2)cc1. The van der Waals surface area contributed by atoms with Gasteiger partial charge in [-0.05, 0) is 55.0 Å². The van der Waals surface area contributed by atoms with Gasteiger partial charge in [-0.15, -0.1) is 0 Å². The standard InChI is InChI=1S/C20H18ClN3O2S/c1-2-26-17-9-7-16(8-10-17)23-12-22-20-24(13-23)19(25)18(27-20)11-14-3-5-15(21)6-4-14/h3-11H,2,12-13H2,1H3/b18-11-. The molecule has 7 heteroatoms. The van der Waals surface area contributed by atoms with E-state index in [2.05, 4.69) is 9.89 Å². The first-order valence-corrected chi connectivity index (χ1v) is 9.83. The first-order chi connectivity index (χ1) is 13.1. The summed E-state index contributed by atoms with van der Waals surface area (Å²) in [6.45, 7) is 3.60. The van der Waals surface area contributed by atoms with Crippen molar-refractivity contribution in [2.45, 2.75) is 13.6 Å². The zero-order valence-electron chi connectivity index (χ0n) is 14.8. The lowest BCUT2D eigenvalue weighted by Gasteiger charge is -2.25. The van der Waals surface area contributed by atoms with Crippen LogP contribution in [0.5, 0.6) is 5.75 Å². The van der Waals surface area contributed by atoms with Crippen LogP contribution in [0, 0.1) is 0 Å². The molecule has 0 atom stereocenters. The summed E-state index contributed by atoms with van der Waals surface area (Å²) in [6, 6.07) is 15.3. The summed E-state index contributed by atoms with van der Waals surface area (Å²) in [4.78, 5) is 20.2. The van der Waals surface area contributed by atoms with Gasteiger partial charge in [-0.25, -0.2) is 4.99 Å². The lowest BCUT2D eigenvalue weighted by atomic mass is 10.2. The maximum atomic E-state index is 12.8. The number of ether oxygens (including phenoxy) is 1. The lowest BCUT2D eigenvalue weighted by Crippen LogP contribution is -2.42. The molecule has 0 amide bonds. The minimum atomic E-state index is -0.0238. The summed E-state index contributed by atoms with van der Waals surface area (Å²) >= 11 is 7.34. The fourth-order valence-electron chi connectivity index (χ4n) is 2.91. The molecule has 2 aromatic carbocycles. The van der Waals surface area contributed by atoms with E-state index < -0.39 is 0 Å². The van der Waals surface area contributed by atoms with Crippen LogP contribution in [0.3, 0.4) is 0 Å². The molecule has 0 aliphatic carbocycles. The molecule has 1 aliphatic heterocycles. The van der Waals surface area contributed by atoms with Crippen molar-refractivity contribution in [2.24, 2.45) is 4.99 Å². The fourth-order valence-corrected chi connectivity index (χ4v) is 3.99. The molecule has 0 bridgehead atoms. The number of nitrogens with zero attached hydrogens (tertiary/aromatic N) is 3. The molecule has 0 saturated carbocycles. The van der Waals surface area contributed by atoms with Crippen LogP contribution in [0.4, 0.5) is 5.69 Å². The smallest absolute Gasteiger partial charge is 0.271 e. The van der Waals surface area contributed by atoms with E-state index in [-0.39, 0.29) is 5.56 Å². The Morgan fingerprint density at radius 3 is 2.63 bits per heavy atom. The molecule has 3 aromatic rings. The van der Waals surface area contributed by atoms with E-state index in [1.807, 2.05) is 61.5 Å². The monoisotopic (exact) mass is 399 g/mol. The second kappa shape index (κ2) is 7.58. The van der Waals surface area contributed by atoms with Gasteiger partial charge in [0.15, 0.2) is 4.80 Å². The van der Waals surface area contributed by atoms with Gasteiger partial charge in [0.05, 0.1) is 11.1 Å². The van der Waals surface area contributed by atoms with Crippen LogP contribution < -0.4 is 24.5 Å². The Kier molecular flexibility index (Phi) is 5.01. The van der Waals surface area contributed by atoms with E-state index in [1.165, 1.54) is 11.3 Å². The van der Waals surface area contributed by atoms with Gasteiger partial charge >= 0.3 is 0 Å². The molecule has 1 aromatic heterocycles. The summed E-state index contributed by atoms with van der Waals surface area (Å²) in [6.07, 6.45) is 1.88. The molecule has 0 spiro atoms. The number of rotatable bonds is 4. The molecular formula is C20H18ClN3O2S. The van der Waals surface area contributed by atoms with Crippen LogP contribution in [-0.4, -0.2) is 17.8 Å². The van der Waals surface area contributed by atoms with Crippen molar-refractivity contribution in [1.29, 1.82) is 0 Å². The fraction of sp³-hybridized carbons (Fsp3) is 0.200. The van der Waals surface area contributed by atoms with Gasteiger partial charge in [0.25, 0.3) is 5.56 Å². The number of aromatic nitrogens is 1. The van der Waals surface area contributed by atoms with Gasteiger partial charge < -0.3 is 9.64 Å². The van der Waals surface area contributed by atoms with Gasteiger partial charge in [-0.3, -0.25) is 9.36 Å². The minimum Gasteiger partial charge on any atom is -0.494 e. The minimum absolute atomic E-state index is 0.0238. The molecule has 27 heavy (non-hydrogen) atoms. The van der Waals surface area contributed by atoms with E-state index in [4.69, 9.17) is 16.3 Å². The Labute approximate surface area is 165 Å². The number of hydrogen-bond donors (Lipinski definition) is 0. The predicted molar refractivity (Wildman–Crippen MR) is 109 cm³/mol. The van der Waals surface area contributed by atoms with Crippen molar-refractivity contribution < 1.29 is 4.74 Å². The van der Waals surface area contributed by atoms with Gasteiger partial charge in [0, 0.05) is 10.7 Å². The number of thiazole rings is 1. The van der Waals surface area contributed by atoms with E-state index >= 15 is 0 Å². The Morgan fingerprint density at radius 1 is 1.19 bits per heavy atom. The average molecular weight is 400 g/mol. The van der Waals surface area contributed by atoms with Crippen molar-refractivity contribution in [3.63, 3.8) is 0 Å². The molecular weight excluding hydrogens is 382 g/mol. The van der Waals surface area contributed by atoms with Crippen LogP contribution >= 0.6 is 22.9 Å². The maximum absolute atomic E-state index is 12.8. The first-order valence-electron chi connectivity index (χ1n) is 8.63. The largest absolute Gasteiger partial charge is 0.494 e. The maximum Gasteiger partial charge on any atom is 0.271 e. The molecule has 0 fully saturated rings. The summed E-state index contributed by atoms with van der Waals surface area (Å²) in [5, 5.41) is 0.676. The van der Waals surface area contributed by atoms with Crippen LogP contribution in [0.1, 0.15) is 12.5 Å². The average Bonchev–Trinajstić information content (AvgIpc) is 3.00. The number of anilines is 1. The normalized spacial score (nSPS) is 14.0. The summed E-state index contributed by atoms with van der Waals surface area (Å²) in [5.74, 6) is 0.837. The highest BCUT2D eigenvalue weighted by Crippen LogP contribution is 2.20. The van der Waals surface area contributed by atoms with Gasteiger partial charge in [0.2, 0.25) is 0 Å². The summed E-state index contributed by atoms with van der Waals surface area (Å²) in [7, 11) is 0. The third-order valence-electron chi connectivity index (χ3n) is 4.26. The summed E-state index contributed by atoms with van der Waals surface area (Å²) < 4.78 is 7.87. The zero-order valence-corrected chi connectivity index (χ0v) is 16.3. The highest BCUT2D eigenvalue weighted by atomic mass is 35.5. The van der Waals surface area contributed by atoms with E-state index in [9.17, 15) is 4.79 Å². The van der Waals surface area contributed by atoms with Crippen molar-refractivity contribution in [3.8, 4) is 5.75 Å². The van der Waals surface area contributed by atoms with Crippen molar-refractivity contribution in [1.82, 2.24) is 4.57 Å². The highest BCUT2D eigenvalue weighted by molar-refractivity contribution is 7.07. The topological polar surface area (TPSA) is 46.8 Å². The Morgan fingerprint density at radius 2 is 1.93 bits per heavy atom. The second-order valence-corrected chi connectivity index (χ2v) is 7.53. The Hall–Kier alpha value is -2.57. The highest BCUT2D eigenvalue weighted by Gasteiger charge is 2.16. The predicted octanol–water partition coefficient (Wildman–Crippen LogP) is 2.85. The molecule has 0 radical (unpaired) electrons. The van der Waals surface area contributed by atoms with Gasteiger partial charge in [-0.1, -0.05) is 35.1 Å². The molecule has 0 unspecified atom stereocenters. The third-order valence-corrected chi connectivity index (χ3v) is 5.55. The molecule has 138 valence electrons. The van der Waals surface area contributed by atoms with E-state index in [1.54, 1.807) is 4.57 Å². The lowest BCUT2D eigenvalue weighted by molar-refractivity contribution is 0.340. The molecule has 5 nitrogen and oxygen atoms in total.